The molecule has 0 aromatic carbocycles. The minimum Gasteiger partial charge on any atom is -0.462 e. The molecule has 3 nitrogen and oxygen atoms in total. The third-order valence-corrected chi connectivity index (χ3v) is 3.56. The van der Waals surface area contributed by atoms with Crippen molar-refractivity contribution in [2.24, 2.45) is 11.8 Å². The molecule has 0 saturated carbocycles. The van der Waals surface area contributed by atoms with E-state index in [0.29, 0.717) is 18.8 Å². The number of Topliss-reactive ketones (excluding diaryl/α,β-unsaturated/α-hetero) is 1. The molecule has 0 aromatic heterocycles. The molecule has 0 spiro atoms. The SMILES string of the molecule is CC(=O)C[C@@H]1OC(=O)C[C@H]1[C@@H](C)CCC=C(C)C. The van der Waals surface area contributed by atoms with Crippen molar-refractivity contribution in [1.29, 1.82) is 0 Å². The molecular weight excluding hydrogens is 228 g/mol. The maximum absolute atomic E-state index is 11.4. The van der Waals surface area contributed by atoms with Crippen LogP contribution < -0.4 is 0 Å². The van der Waals surface area contributed by atoms with Crippen molar-refractivity contribution in [3.8, 4) is 0 Å². The number of esters is 1. The number of hydrogen-bond acceptors (Lipinski definition) is 3. The molecule has 1 saturated heterocycles. The van der Waals surface area contributed by atoms with E-state index in [0.717, 1.165) is 12.8 Å². The van der Waals surface area contributed by atoms with E-state index >= 15 is 0 Å². The summed E-state index contributed by atoms with van der Waals surface area (Å²) in [5.74, 6) is 0.555. The molecule has 0 aromatic rings. The number of carbonyl (C=O) groups is 2. The Kier molecular flexibility index (Phi) is 5.57. The van der Waals surface area contributed by atoms with Crippen LogP contribution in [0.25, 0.3) is 0 Å². The third-order valence-electron chi connectivity index (χ3n) is 3.56. The molecule has 0 bridgehead atoms. The van der Waals surface area contributed by atoms with Crippen LogP contribution in [0.2, 0.25) is 0 Å². The number of ketones is 1. The number of allylic oxidation sites excluding steroid dienone is 2. The Balaban J connectivity index is 2.53. The van der Waals surface area contributed by atoms with Crippen LogP contribution in [0.1, 0.15) is 53.4 Å². The van der Waals surface area contributed by atoms with Crippen molar-refractivity contribution in [3.05, 3.63) is 11.6 Å². The first kappa shape index (κ1) is 14.9. The third kappa shape index (κ3) is 4.63. The summed E-state index contributed by atoms with van der Waals surface area (Å²) >= 11 is 0. The van der Waals surface area contributed by atoms with Crippen LogP contribution in [-0.2, 0) is 14.3 Å². The van der Waals surface area contributed by atoms with E-state index in [1.54, 1.807) is 6.92 Å². The highest BCUT2D eigenvalue weighted by molar-refractivity contribution is 5.78. The number of hydrogen-bond donors (Lipinski definition) is 0. The van der Waals surface area contributed by atoms with Crippen LogP contribution in [0.15, 0.2) is 11.6 Å². The molecule has 3 atom stereocenters. The fraction of sp³-hybridized carbons (Fsp3) is 0.733. The lowest BCUT2D eigenvalue weighted by Crippen LogP contribution is -2.24. The van der Waals surface area contributed by atoms with Crippen LogP contribution in [-0.4, -0.2) is 17.9 Å². The van der Waals surface area contributed by atoms with Crippen LogP contribution >= 0.6 is 0 Å². The number of cyclic esters (lactones) is 1. The zero-order valence-corrected chi connectivity index (χ0v) is 11.9. The molecule has 1 aliphatic rings. The maximum atomic E-state index is 11.4. The summed E-state index contributed by atoms with van der Waals surface area (Å²) in [6, 6.07) is 0. The zero-order chi connectivity index (χ0) is 13.7. The lowest BCUT2D eigenvalue weighted by Gasteiger charge is -2.22. The average Bonchev–Trinajstić information content (AvgIpc) is 2.57. The standard InChI is InChI=1S/C15H24O3/c1-10(2)6-5-7-11(3)13-9-15(17)18-14(13)8-12(4)16/h6,11,13-14H,5,7-9H2,1-4H3/t11-,13-,14-/m0/s1. The van der Waals surface area contributed by atoms with Gasteiger partial charge >= 0.3 is 5.97 Å². The van der Waals surface area contributed by atoms with Crippen molar-refractivity contribution >= 4 is 11.8 Å². The molecule has 102 valence electrons. The van der Waals surface area contributed by atoms with Gasteiger partial charge in [-0.2, -0.15) is 0 Å². The van der Waals surface area contributed by atoms with Gasteiger partial charge in [0.2, 0.25) is 0 Å². The summed E-state index contributed by atoms with van der Waals surface area (Å²) in [7, 11) is 0. The topological polar surface area (TPSA) is 43.4 Å². The summed E-state index contributed by atoms with van der Waals surface area (Å²) in [5, 5.41) is 0. The van der Waals surface area contributed by atoms with Gasteiger partial charge in [0.1, 0.15) is 11.9 Å². The van der Waals surface area contributed by atoms with Crippen molar-refractivity contribution < 1.29 is 14.3 Å². The van der Waals surface area contributed by atoms with Crippen LogP contribution in [0.3, 0.4) is 0 Å². The van der Waals surface area contributed by atoms with E-state index in [9.17, 15) is 9.59 Å². The monoisotopic (exact) mass is 252 g/mol. The first-order chi connectivity index (χ1) is 8.40. The zero-order valence-electron chi connectivity index (χ0n) is 11.9. The number of rotatable bonds is 6. The molecule has 0 radical (unpaired) electrons. The Hall–Kier alpha value is -1.12. The van der Waals surface area contributed by atoms with Gasteiger partial charge in [0.25, 0.3) is 0 Å². The lowest BCUT2D eigenvalue weighted by atomic mass is 9.83. The highest BCUT2D eigenvalue weighted by Crippen LogP contribution is 2.33. The highest BCUT2D eigenvalue weighted by Gasteiger charge is 2.38. The van der Waals surface area contributed by atoms with Gasteiger partial charge in [-0.25, -0.2) is 0 Å². The van der Waals surface area contributed by atoms with Crippen molar-refractivity contribution in [1.82, 2.24) is 0 Å². The lowest BCUT2D eigenvalue weighted by molar-refractivity contribution is -0.142. The van der Waals surface area contributed by atoms with Gasteiger partial charge in [-0.1, -0.05) is 18.6 Å². The van der Waals surface area contributed by atoms with E-state index < -0.39 is 0 Å². The highest BCUT2D eigenvalue weighted by atomic mass is 16.5. The van der Waals surface area contributed by atoms with Gasteiger partial charge < -0.3 is 4.74 Å². The molecule has 3 heteroatoms. The molecular formula is C15H24O3. The summed E-state index contributed by atoms with van der Waals surface area (Å²) in [4.78, 5) is 22.6. The first-order valence-corrected chi connectivity index (χ1v) is 6.72. The Morgan fingerprint density at radius 2 is 2.11 bits per heavy atom. The normalized spacial score (nSPS) is 24.6. The Labute approximate surface area is 110 Å². The second-order valence-electron chi connectivity index (χ2n) is 5.64. The van der Waals surface area contributed by atoms with Gasteiger partial charge in [-0.3, -0.25) is 9.59 Å². The molecule has 1 heterocycles. The van der Waals surface area contributed by atoms with Gasteiger partial charge in [-0.05, 0) is 39.5 Å². The van der Waals surface area contributed by atoms with E-state index in [4.69, 9.17) is 4.74 Å². The van der Waals surface area contributed by atoms with Crippen LogP contribution in [0.5, 0.6) is 0 Å². The van der Waals surface area contributed by atoms with Crippen molar-refractivity contribution in [2.75, 3.05) is 0 Å². The van der Waals surface area contributed by atoms with E-state index in [-0.39, 0.29) is 23.8 Å². The van der Waals surface area contributed by atoms with Crippen molar-refractivity contribution in [3.63, 3.8) is 0 Å². The fourth-order valence-electron chi connectivity index (χ4n) is 2.52. The van der Waals surface area contributed by atoms with Gasteiger partial charge in [-0.15, -0.1) is 0 Å². The number of ether oxygens (including phenoxy) is 1. The molecule has 0 unspecified atom stereocenters. The molecule has 0 amide bonds. The smallest absolute Gasteiger partial charge is 0.306 e. The predicted octanol–water partition coefficient (Wildman–Crippen LogP) is 3.28. The van der Waals surface area contributed by atoms with Crippen LogP contribution in [0, 0.1) is 11.8 Å². The summed E-state index contributed by atoms with van der Waals surface area (Å²) in [5.41, 5.74) is 1.32. The molecule has 0 aliphatic carbocycles. The van der Waals surface area contributed by atoms with Gasteiger partial charge in [0, 0.05) is 12.3 Å². The van der Waals surface area contributed by atoms with Gasteiger partial charge in [0.15, 0.2) is 0 Å². The first-order valence-electron chi connectivity index (χ1n) is 6.72. The molecule has 0 N–H and O–H groups in total. The second kappa shape index (κ2) is 6.72. The minimum atomic E-state index is -0.197. The quantitative estimate of drug-likeness (QED) is 0.538. The second-order valence-corrected chi connectivity index (χ2v) is 5.64. The maximum Gasteiger partial charge on any atom is 0.306 e. The summed E-state index contributed by atoms with van der Waals surface area (Å²) < 4.78 is 5.26. The minimum absolute atomic E-state index is 0.0937. The predicted molar refractivity (Wildman–Crippen MR) is 71.1 cm³/mol. The van der Waals surface area contributed by atoms with E-state index in [1.807, 2.05) is 0 Å². The van der Waals surface area contributed by atoms with Gasteiger partial charge in [0.05, 0.1) is 6.42 Å². The fourth-order valence-corrected chi connectivity index (χ4v) is 2.52. The number of carbonyl (C=O) groups excluding carboxylic acids is 2. The Bertz CT molecular complexity index is 340. The summed E-state index contributed by atoms with van der Waals surface area (Å²) in [6.45, 7) is 7.88. The molecule has 1 rings (SSSR count). The molecule has 1 fully saturated rings. The van der Waals surface area contributed by atoms with E-state index in [1.165, 1.54) is 5.57 Å². The average molecular weight is 252 g/mol. The molecule has 18 heavy (non-hydrogen) atoms. The Morgan fingerprint density at radius 3 is 2.67 bits per heavy atom. The largest absolute Gasteiger partial charge is 0.462 e. The summed E-state index contributed by atoms with van der Waals surface area (Å²) in [6.07, 6.45) is 4.92. The van der Waals surface area contributed by atoms with E-state index in [2.05, 4.69) is 26.8 Å². The van der Waals surface area contributed by atoms with Crippen molar-refractivity contribution in [2.45, 2.75) is 59.5 Å². The Morgan fingerprint density at radius 1 is 1.44 bits per heavy atom. The molecule has 1 aliphatic heterocycles. The van der Waals surface area contributed by atoms with Crippen LogP contribution in [0.4, 0.5) is 0 Å².